The Balaban J connectivity index is 2.24. The smallest absolute Gasteiger partial charge is 0.124 e. The van der Waals surface area contributed by atoms with Gasteiger partial charge in [0.1, 0.15) is 5.75 Å². The van der Waals surface area contributed by atoms with Crippen molar-refractivity contribution in [2.24, 2.45) is 5.73 Å². The number of halogens is 2. The number of rotatable bonds is 4. The average molecular weight is 324 g/mol. The molecule has 0 fully saturated rings. The van der Waals surface area contributed by atoms with Gasteiger partial charge in [-0.15, -0.1) is 0 Å². The summed E-state index contributed by atoms with van der Waals surface area (Å²) in [6.07, 6.45) is 0.710. The lowest BCUT2D eigenvalue weighted by atomic mass is 9.96. The van der Waals surface area contributed by atoms with Gasteiger partial charge in [-0.05, 0) is 54.7 Å². The highest BCUT2D eigenvalue weighted by atomic mass is 35.5. The van der Waals surface area contributed by atoms with E-state index in [0.717, 1.165) is 28.0 Å². The van der Waals surface area contributed by atoms with Crippen molar-refractivity contribution in [2.45, 2.75) is 26.3 Å². The molecule has 0 saturated carbocycles. The molecule has 2 N–H and O–H groups in total. The fourth-order valence-electron chi connectivity index (χ4n) is 2.56. The van der Waals surface area contributed by atoms with E-state index in [1.165, 1.54) is 0 Å². The van der Waals surface area contributed by atoms with Crippen LogP contribution in [0.15, 0.2) is 30.3 Å². The maximum absolute atomic E-state index is 6.33. The van der Waals surface area contributed by atoms with E-state index in [1.54, 1.807) is 13.2 Å². The van der Waals surface area contributed by atoms with Gasteiger partial charge in [0.2, 0.25) is 0 Å². The third-order valence-electron chi connectivity index (χ3n) is 3.55. The maximum atomic E-state index is 6.33. The summed E-state index contributed by atoms with van der Waals surface area (Å²) in [5, 5.41) is 1.12. The van der Waals surface area contributed by atoms with Gasteiger partial charge in [-0.3, -0.25) is 0 Å². The van der Waals surface area contributed by atoms with E-state index < -0.39 is 0 Å². The molecule has 2 rings (SSSR count). The Kier molecular flexibility index (Phi) is 5.15. The summed E-state index contributed by atoms with van der Waals surface area (Å²) in [7, 11) is 1.69. The zero-order valence-electron chi connectivity index (χ0n) is 12.4. The van der Waals surface area contributed by atoms with Crippen molar-refractivity contribution in [3.8, 4) is 5.75 Å². The molecule has 112 valence electrons. The summed E-state index contributed by atoms with van der Waals surface area (Å²) >= 11 is 12.0. The molecule has 0 bridgehead atoms. The molecule has 0 aliphatic heterocycles. The molecule has 0 amide bonds. The van der Waals surface area contributed by atoms with Gasteiger partial charge in [0, 0.05) is 6.04 Å². The standard InChI is InChI=1S/C17H19Cl2NO/c1-10-6-13(7-11(2)17(10)21-3)16(20)9-12-4-5-14(18)15(19)8-12/h4-8,16H,9,20H2,1-3H3. The Labute approximate surface area is 135 Å². The molecule has 21 heavy (non-hydrogen) atoms. The fourth-order valence-corrected chi connectivity index (χ4v) is 2.88. The number of hydrogen-bond donors (Lipinski definition) is 1. The monoisotopic (exact) mass is 323 g/mol. The van der Waals surface area contributed by atoms with Gasteiger partial charge in [-0.1, -0.05) is 41.4 Å². The van der Waals surface area contributed by atoms with Gasteiger partial charge in [-0.2, -0.15) is 0 Å². The number of nitrogens with two attached hydrogens (primary N) is 1. The van der Waals surface area contributed by atoms with E-state index in [-0.39, 0.29) is 6.04 Å². The minimum Gasteiger partial charge on any atom is -0.496 e. The van der Waals surface area contributed by atoms with Crippen LogP contribution in [0.4, 0.5) is 0 Å². The van der Waals surface area contributed by atoms with E-state index in [0.29, 0.717) is 16.5 Å². The second-order valence-electron chi connectivity index (χ2n) is 5.25. The molecule has 1 atom stereocenters. The largest absolute Gasteiger partial charge is 0.496 e. The van der Waals surface area contributed by atoms with Crippen LogP contribution in [0.5, 0.6) is 5.75 Å². The molecule has 0 aliphatic rings. The van der Waals surface area contributed by atoms with Crippen molar-refractivity contribution in [3.05, 3.63) is 62.6 Å². The van der Waals surface area contributed by atoms with Crippen LogP contribution in [0.2, 0.25) is 10.0 Å². The first kappa shape index (κ1) is 16.2. The van der Waals surface area contributed by atoms with Crippen LogP contribution in [0.3, 0.4) is 0 Å². The van der Waals surface area contributed by atoms with Crippen molar-refractivity contribution in [3.63, 3.8) is 0 Å². The molecular formula is C17H19Cl2NO. The van der Waals surface area contributed by atoms with Gasteiger partial charge in [0.25, 0.3) is 0 Å². The fraction of sp³-hybridized carbons (Fsp3) is 0.294. The molecule has 2 nitrogen and oxygen atoms in total. The van der Waals surface area contributed by atoms with E-state index in [9.17, 15) is 0 Å². The second kappa shape index (κ2) is 6.69. The van der Waals surface area contributed by atoms with Crippen LogP contribution in [-0.2, 0) is 6.42 Å². The Morgan fingerprint density at radius 3 is 2.19 bits per heavy atom. The zero-order chi connectivity index (χ0) is 15.6. The maximum Gasteiger partial charge on any atom is 0.124 e. The molecule has 1 unspecified atom stereocenters. The van der Waals surface area contributed by atoms with Crippen molar-refractivity contribution in [1.82, 2.24) is 0 Å². The van der Waals surface area contributed by atoms with Gasteiger partial charge >= 0.3 is 0 Å². The molecule has 0 aromatic heterocycles. The van der Waals surface area contributed by atoms with Crippen LogP contribution in [0.1, 0.15) is 28.3 Å². The van der Waals surface area contributed by atoms with Crippen molar-refractivity contribution in [2.75, 3.05) is 7.11 Å². The van der Waals surface area contributed by atoms with Gasteiger partial charge in [0.15, 0.2) is 0 Å². The summed E-state index contributed by atoms with van der Waals surface area (Å²) in [4.78, 5) is 0. The number of benzene rings is 2. The van der Waals surface area contributed by atoms with Gasteiger partial charge in [-0.25, -0.2) is 0 Å². The Morgan fingerprint density at radius 1 is 1.05 bits per heavy atom. The van der Waals surface area contributed by atoms with Crippen molar-refractivity contribution >= 4 is 23.2 Å². The average Bonchev–Trinajstić information content (AvgIpc) is 2.42. The van der Waals surface area contributed by atoms with Crippen molar-refractivity contribution in [1.29, 1.82) is 0 Å². The molecule has 2 aromatic rings. The Bertz CT molecular complexity index is 632. The second-order valence-corrected chi connectivity index (χ2v) is 6.06. The predicted octanol–water partition coefficient (Wildman–Crippen LogP) is 4.86. The van der Waals surface area contributed by atoms with Gasteiger partial charge < -0.3 is 10.5 Å². The number of methoxy groups -OCH3 is 1. The lowest BCUT2D eigenvalue weighted by Crippen LogP contribution is -2.14. The summed E-state index contributed by atoms with van der Waals surface area (Å²) in [5.41, 5.74) is 10.7. The van der Waals surface area contributed by atoms with Crippen LogP contribution >= 0.6 is 23.2 Å². The summed E-state index contributed by atoms with van der Waals surface area (Å²) in [6, 6.07) is 9.69. The first-order valence-corrected chi connectivity index (χ1v) is 7.52. The zero-order valence-corrected chi connectivity index (χ0v) is 13.9. The highest BCUT2D eigenvalue weighted by Crippen LogP contribution is 2.29. The molecule has 0 saturated heterocycles. The minimum atomic E-state index is -0.0921. The molecule has 0 aliphatic carbocycles. The molecular weight excluding hydrogens is 305 g/mol. The first-order chi connectivity index (χ1) is 9.92. The van der Waals surface area contributed by atoms with E-state index in [4.69, 9.17) is 33.7 Å². The number of hydrogen-bond acceptors (Lipinski definition) is 2. The molecule has 0 spiro atoms. The predicted molar refractivity (Wildman–Crippen MR) is 89.6 cm³/mol. The minimum absolute atomic E-state index is 0.0921. The quantitative estimate of drug-likeness (QED) is 0.871. The van der Waals surface area contributed by atoms with Crippen LogP contribution in [-0.4, -0.2) is 7.11 Å². The lowest BCUT2D eigenvalue weighted by Gasteiger charge is -2.17. The van der Waals surface area contributed by atoms with Gasteiger partial charge in [0.05, 0.1) is 17.2 Å². The highest BCUT2D eigenvalue weighted by Gasteiger charge is 2.12. The van der Waals surface area contributed by atoms with E-state index >= 15 is 0 Å². The molecule has 0 radical (unpaired) electrons. The number of ether oxygens (including phenoxy) is 1. The molecule has 4 heteroatoms. The highest BCUT2D eigenvalue weighted by molar-refractivity contribution is 6.42. The van der Waals surface area contributed by atoms with E-state index in [1.807, 2.05) is 26.0 Å². The third kappa shape index (κ3) is 3.70. The summed E-state index contributed by atoms with van der Waals surface area (Å²) in [5.74, 6) is 0.917. The van der Waals surface area contributed by atoms with Crippen LogP contribution in [0, 0.1) is 13.8 Å². The van der Waals surface area contributed by atoms with Crippen molar-refractivity contribution < 1.29 is 4.74 Å². The summed E-state index contributed by atoms with van der Waals surface area (Å²) in [6.45, 7) is 4.06. The first-order valence-electron chi connectivity index (χ1n) is 6.77. The Hall–Kier alpha value is -1.22. The van der Waals surface area contributed by atoms with E-state index in [2.05, 4.69) is 12.1 Å². The number of aryl methyl sites for hydroxylation is 2. The topological polar surface area (TPSA) is 35.2 Å². The SMILES string of the molecule is COc1c(C)cc(C(N)Cc2ccc(Cl)c(Cl)c2)cc1C. The Morgan fingerprint density at radius 2 is 1.67 bits per heavy atom. The van der Waals surface area contributed by atoms with Crippen LogP contribution < -0.4 is 10.5 Å². The third-order valence-corrected chi connectivity index (χ3v) is 4.29. The lowest BCUT2D eigenvalue weighted by molar-refractivity contribution is 0.408. The van der Waals surface area contributed by atoms with Crippen LogP contribution in [0.25, 0.3) is 0 Å². The molecule has 0 heterocycles. The molecule has 2 aromatic carbocycles. The summed E-state index contributed by atoms with van der Waals surface area (Å²) < 4.78 is 5.38. The normalized spacial score (nSPS) is 12.3.